The molecule has 27 heavy (non-hydrogen) atoms. The van der Waals surface area contributed by atoms with Crippen LogP contribution in [0.3, 0.4) is 0 Å². The molecule has 2 aromatic carbocycles. The zero-order valence-corrected chi connectivity index (χ0v) is 16.3. The predicted molar refractivity (Wildman–Crippen MR) is 112 cm³/mol. The van der Waals surface area contributed by atoms with Crippen LogP contribution in [0.1, 0.15) is 25.0 Å². The van der Waals surface area contributed by atoms with Gasteiger partial charge in [0.05, 0.1) is 18.0 Å². The van der Waals surface area contributed by atoms with Gasteiger partial charge in [-0.3, -0.25) is 4.98 Å². The Morgan fingerprint density at radius 2 is 1.85 bits per heavy atom. The third-order valence-electron chi connectivity index (χ3n) is 5.60. The molecule has 0 fully saturated rings. The highest BCUT2D eigenvalue weighted by Crippen LogP contribution is 2.30. The summed E-state index contributed by atoms with van der Waals surface area (Å²) < 4.78 is 4.74. The number of fused-ring (bicyclic) bond motifs is 8. The van der Waals surface area contributed by atoms with E-state index in [0.29, 0.717) is 5.92 Å². The first-order valence-electron chi connectivity index (χ1n) is 9.65. The van der Waals surface area contributed by atoms with Crippen molar-refractivity contribution in [1.82, 2.24) is 9.55 Å². The van der Waals surface area contributed by atoms with Crippen molar-refractivity contribution in [3.05, 3.63) is 65.9 Å². The summed E-state index contributed by atoms with van der Waals surface area (Å²) in [7, 11) is 2.18. The molecule has 5 rings (SSSR count). The molecule has 3 nitrogen and oxygen atoms in total. The molecule has 0 radical (unpaired) electrons. The van der Waals surface area contributed by atoms with Gasteiger partial charge < -0.3 is 0 Å². The van der Waals surface area contributed by atoms with Crippen LogP contribution < -0.4 is 4.40 Å². The standard InChI is InChI=1S/C24H24N3/c1-15(2)13-17-9-10-20-21(14-17)26(4)24-22-16(3)11-12-25-23(22)18-7-5-6-8-19(18)27(20)24/h5-12,14-15H,13H2,1-4H3/q+1. The third-order valence-corrected chi connectivity index (χ3v) is 5.60. The van der Waals surface area contributed by atoms with E-state index in [0.717, 1.165) is 11.9 Å². The summed E-state index contributed by atoms with van der Waals surface area (Å²) >= 11 is 0. The zero-order chi connectivity index (χ0) is 18.7. The topological polar surface area (TPSA) is 21.9 Å². The number of pyridine rings is 2. The Bertz CT molecular complexity index is 1340. The van der Waals surface area contributed by atoms with Gasteiger partial charge in [0.15, 0.2) is 11.0 Å². The molecule has 3 heterocycles. The van der Waals surface area contributed by atoms with E-state index in [2.05, 4.69) is 85.3 Å². The summed E-state index contributed by atoms with van der Waals surface area (Å²) in [6.07, 6.45) is 3.02. The van der Waals surface area contributed by atoms with Crippen molar-refractivity contribution < 1.29 is 4.40 Å². The van der Waals surface area contributed by atoms with E-state index in [9.17, 15) is 0 Å². The van der Waals surface area contributed by atoms with Crippen molar-refractivity contribution in [3.8, 4) is 0 Å². The summed E-state index contributed by atoms with van der Waals surface area (Å²) in [5, 5.41) is 2.44. The normalized spacial score (nSPS) is 12.2. The van der Waals surface area contributed by atoms with Crippen molar-refractivity contribution in [2.24, 2.45) is 13.0 Å². The highest BCUT2D eigenvalue weighted by atomic mass is 15.1. The van der Waals surface area contributed by atoms with Crippen LogP contribution in [-0.2, 0) is 13.5 Å². The van der Waals surface area contributed by atoms with Crippen molar-refractivity contribution in [3.63, 3.8) is 0 Å². The number of para-hydroxylation sites is 1. The van der Waals surface area contributed by atoms with Gasteiger partial charge >= 0.3 is 0 Å². The fourth-order valence-corrected chi connectivity index (χ4v) is 4.44. The fourth-order valence-electron chi connectivity index (χ4n) is 4.44. The van der Waals surface area contributed by atoms with Crippen LogP contribution in [0.4, 0.5) is 0 Å². The van der Waals surface area contributed by atoms with Gasteiger partial charge in [-0.15, -0.1) is 0 Å². The van der Waals surface area contributed by atoms with Crippen molar-refractivity contribution in [2.45, 2.75) is 27.2 Å². The quantitative estimate of drug-likeness (QED) is 0.318. The number of aryl methyl sites for hydroxylation is 2. The monoisotopic (exact) mass is 354 g/mol. The largest absolute Gasteiger partial charge is 0.297 e. The van der Waals surface area contributed by atoms with E-state index in [1.54, 1.807) is 0 Å². The summed E-state index contributed by atoms with van der Waals surface area (Å²) in [6.45, 7) is 6.73. The van der Waals surface area contributed by atoms with Crippen molar-refractivity contribution >= 4 is 38.5 Å². The molecule has 0 bridgehead atoms. The van der Waals surface area contributed by atoms with Gasteiger partial charge in [-0.05, 0) is 60.7 Å². The Balaban J connectivity index is 2.06. The van der Waals surface area contributed by atoms with Gasteiger partial charge in [0.2, 0.25) is 0 Å². The number of rotatable bonds is 2. The number of aromatic nitrogens is 3. The Hall–Kier alpha value is -2.94. The summed E-state index contributed by atoms with van der Waals surface area (Å²) in [6, 6.07) is 17.6. The van der Waals surface area contributed by atoms with Gasteiger partial charge in [0.1, 0.15) is 5.52 Å². The second-order valence-corrected chi connectivity index (χ2v) is 8.01. The Morgan fingerprint density at radius 1 is 1.04 bits per heavy atom. The summed E-state index contributed by atoms with van der Waals surface area (Å²) in [5.41, 5.74) is 8.68. The molecule has 3 aromatic heterocycles. The van der Waals surface area contributed by atoms with E-state index < -0.39 is 0 Å². The summed E-state index contributed by atoms with van der Waals surface area (Å²) in [5.74, 6) is 0.651. The Morgan fingerprint density at radius 3 is 2.67 bits per heavy atom. The number of hydrogen-bond donors (Lipinski definition) is 0. The molecule has 0 aliphatic rings. The molecule has 0 amide bonds. The van der Waals surface area contributed by atoms with Crippen LogP contribution in [-0.4, -0.2) is 9.55 Å². The molecule has 134 valence electrons. The second kappa shape index (κ2) is 5.78. The summed E-state index contributed by atoms with van der Waals surface area (Å²) in [4.78, 5) is 4.76. The Labute approximate surface area is 158 Å². The lowest BCUT2D eigenvalue weighted by atomic mass is 10.0. The minimum Gasteiger partial charge on any atom is -0.255 e. The minimum atomic E-state index is 0.651. The predicted octanol–water partition coefficient (Wildman–Crippen LogP) is 5.13. The highest BCUT2D eigenvalue weighted by Gasteiger charge is 2.24. The van der Waals surface area contributed by atoms with E-state index in [4.69, 9.17) is 4.98 Å². The van der Waals surface area contributed by atoms with Crippen LogP contribution in [0.2, 0.25) is 0 Å². The SMILES string of the molecule is Cc1ccnc2c3ccccc3[n+]3c4ccc(CC(C)C)cc4n(C)c3c12. The van der Waals surface area contributed by atoms with Gasteiger partial charge in [0, 0.05) is 11.6 Å². The van der Waals surface area contributed by atoms with E-state index in [1.807, 2.05) is 6.20 Å². The van der Waals surface area contributed by atoms with Gasteiger partial charge in [-0.25, -0.2) is 4.57 Å². The van der Waals surface area contributed by atoms with E-state index >= 15 is 0 Å². The fraction of sp³-hybridized carbons (Fsp3) is 0.250. The van der Waals surface area contributed by atoms with Crippen LogP contribution in [0.25, 0.3) is 38.5 Å². The van der Waals surface area contributed by atoms with Gasteiger partial charge in [-0.1, -0.05) is 32.0 Å². The number of hydrogen-bond acceptors (Lipinski definition) is 1. The van der Waals surface area contributed by atoms with Crippen LogP contribution >= 0.6 is 0 Å². The van der Waals surface area contributed by atoms with Crippen molar-refractivity contribution in [1.29, 1.82) is 0 Å². The molecule has 0 N–H and O–H groups in total. The maximum Gasteiger partial charge on any atom is 0.297 e. The molecule has 0 unspecified atom stereocenters. The van der Waals surface area contributed by atoms with Crippen LogP contribution in [0, 0.1) is 12.8 Å². The molecule has 0 spiro atoms. The molecule has 0 aliphatic heterocycles. The minimum absolute atomic E-state index is 0.651. The lowest BCUT2D eigenvalue weighted by molar-refractivity contribution is -0.449. The number of nitrogens with zero attached hydrogens (tertiary/aromatic N) is 3. The molecule has 0 atom stereocenters. The zero-order valence-electron chi connectivity index (χ0n) is 16.3. The number of benzene rings is 2. The molecule has 0 saturated heterocycles. The first-order valence-corrected chi connectivity index (χ1v) is 9.65. The number of imidazole rings is 1. The molecular weight excluding hydrogens is 330 g/mol. The molecule has 0 saturated carbocycles. The maximum atomic E-state index is 4.76. The lowest BCUT2D eigenvalue weighted by Gasteiger charge is -2.05. The van der Waals surface area contributed by atoms with Gasteiger partial charge in [-0.2, -0.15) is 4.40 Å². The first kappa shape index (κ1) is 16.2. The molecule has 3 heteroatoms. The average molecular weight is 354 g/mol. The lowest BCUT2D eigenvalue weighted by Crippen LogP contribution is -2.23. The van der Waals surface area contributed by atoms with E-state index in [1.165, 1.54) is 44.1 Å². The molecule has 5 aromatic rings. The third kappa shape index (κ3) is 2.27. The first-order chi connectivity index (χ1) is 13.1. The van der Waals surface area contributed by atoms with Crippen LogP contribution in [0.5, 0.6) is 0 Å². The second-order valence-electron chi connectivity index (χ2n) is 8.01. The Kier molecular flexibility index (Phi) is 3.48. The average Bonchev–Trinajstić information content (AvgIpc) is 2.94. The van der Waals surface area contributed by atoms with Crippen LogP contribution in [0.15, 0.2) is 54.7 Å². The smallest absolute Gasteiger partial charge is 0.255 e. The molecule has 0 aliphatic carbocycles. The maximum absolute atomic E-state index is 4.76. The van der Waals surface area contributed by atoms with E-state index in [-0.39, 0.29) is 0 Å². The van der Waals surface area contributed by atoms with Crippen molar-refractivity contribution in [2.75, 3.05) is 0 Å². The molecular formula is C24H24N3+. The van der Waals surface area contributed by atoms with Gasteiger partial charge in [0.25, 0.3) is 5.65 Å². The highest BCUT2D eigenvalue weighted by molar-refractivity contribution is 6.09.